The van der Waals surface area contributed by atoms with Crippen molar-refractivity contribution in [2.45, 2.75) is 12.2 Å². The van der Waals surface area contributed by atoms with Crippen molar-refractivity contribution in [1.29, 1.82) is 0 Å². The van der Waals surface area contributed by atoms with Crippen molar-refractivity contribution in [1.82, 2.24) is 4.98 Å². The van der Waals surface area contributed by atoms with Crippen molar-refractivity contribution >= 4 is 50.0 Å². The first-order chi connectivity index (χ1) is 11.5. The molecule has 3 rings (SSSR count). The molecule has 2 N–H and O–H groups in total. The highest BCUT2D eigenvalue weighted by atomic mass is 79.9. The van der Waals surface area contributed by atoms with Gasteiger partial charge in [0.1, 0.15) is 6.10 Å². The molecule has 0 aliphatic carbocycles. The van der Waals surface area contributed by atoms with E-state index in [1.807, 2.05) is 30.3 Å². The van der Waals surface area contributed by atoms with E-state index in [1.165, 1.54) is 0 Å². The number of aromatic nitrogens is 1. The van der Waals surface area contributed by atoms with Crippen LogP contribution >= 0.6 is 39.1 Å². The van der Waals surface area contributed by atoms with E-state index >= 15 is 0 Å². The van der Waals surface area contributed by atoms with Gasteiger partial charge in [-0.1, -0.05) is 69.5 Å². The number of rotatable bonds is 4. The Morgan fingerprint density at radius 2 is 1.75 bits per heavy atom. The monoisotopic (exact) mass is 425 g/mol. The molecule has 24 heavy (non-hydrogen) atoms. The number of pyridine rings is 1. The topological polar surface area (TPSA) is 53.4 Å². The van der Waals surface area contributed by atoms with E-state index < -0.39 is 12.2 Å². The summed E-state index contributed by atoms with van der Waals surface area (Å²) in [5, 5.41) is 22.9. The third-order valence-electron chi connectivity index (χ3n) is 3.78. The zero-order chi connectivity index (χ0) is 17.3. The Hall–Kier alpha value is -1.17. The summed E-state index contributed by atoms with van der Waals surface area (Å²) in [6, 6.07) is 14.2. The lowest BCUT2D eigenvalue weighted by molar-refractivity contribution is 0.203. The van der Waals surface area contributed by atoms with Gasteiger partial charge in [-0.3, -0.25) is 0 Å². The SMILES string of the molecule is O[C@H](c1ccccc1)c1cc([C@H](O)CBr)c2cc(Cl)cc(Cl)c2n1. The van der Waals surface area contributed by atoms with Crippen LogP contribution in [-0.4, -0.2) is 20.5 Å². The molecule has 0 fully saturated rings. The molecule has 0 spiro atoms. The molecule has 2 aromatic carbocycles. The molecule has 0 saturated carbocycles. The molecular weight excluding hydrogens is 413 g/mol. The number of benzene rings is 2. The third-order valence-corrected chi connectivity index (χ3v) is 4.90. The lowest BCUT2D eigenvalue weighted by Crippen LogP contribution is -2.07. The Kier molecular flexibility index (Phi) is 5.42. The second-order valence-electron chi connectivity index (χ2n) is 5.40. The largest absolute Gasteiger partial charge is 0.388 e. The van der Waals surface area contributed by atoms with Crippen LogP contribution in [0.3, 0.4) is 0 Å². The summed E-state index contributed by atoms with van der Waals surface area (Å²) >= 11 is 15.7. The molecular formula is C18H14BrCl2NO2. The van der Waals surface area contributed by atoms with Gasteiger partial charge >= 0.3 is 0 Å². The third kappa shape index (κ3) is 3.44. The fraction of sp³-hybridized carbons (Fsp3) is 0.167. The maximum Gasteiger partial charge on any atom is 0.121 e. The van der Waals surface area contributed by atoms with Gasteiger partial charge in [0, 0.05) is 15.7 Å². The van der Waals surface area contributed by atoms with Gasteiger partial charge in [0.25, 0.3) is 0 Å². The molecule has 0 aliphatic rings. The second kappa shape index (κ2) is 7.38. The molecule has 3 aromatic rings. The van der Waals surface area contributed by atoms with Crippen molar-refractivity contribution in [2.75, 3.05) is 5.33 Å². The van der Waals surface area contributed by atoms with E-state index in [1.54, 1.807) is 18.2 Å². The maximum atomic E-state index is 10.7. The molecule has 2 atom stereocenters. The Morgan fingerprint density at radius 3 is 2.42 bits per heavy atom. The van der Waals surface area contributed by atoms with Crippen LogP contribution in [0.25, 0.3) is 10.9 Å². The van der Waals surface area contributed by atoms with Gasteiger partial charge in [0.2, 0.25) is 0 Å². The van der Waals surface area contributed by atoms with Crippen molar-refractivity contribution in [3.63, 3.8) is 0 Å². The number of alkyl halides is 1. The summed E-state index contributed by atoms with van der Waals surface area (Å²) in [5.41, 5.74) is 2.26. The summed E-state index contributed by atoms with van der Waals surface area (Å²) in [6.45, 7) is 0. The molecule has 0 unspecified atom stereocenters. The van der Waals surface area contributed by atoms with E-state index in [0.29, 0.717) is 43.1 Å². The van der Waals surface area contributed by atoms with Crippen LogP contribution in [0.5, 0.6) is 0 Å². The Morgan fingerprint density at radius 1 is 1.04 bits per heavy atom. The molecule has 3 nitrogen and oxygen atoms in total. The van der Waals surface area contributed by atoms with E-state index in [-0.39, 0.29) is 0 Å². The molecule has 0 amide bonds. The lowest BCUT2D eigenvalue weighted by Gasteiger charge is -2.17. The van der Waals surface area contributed by atoms with Gasteiger partial charge in [-0.2, -0.15) is 0 Å². The standard InChI is InChI=1S/C18H14BrCl2NO2/c19-9-16(23)12-8-15(18(24)10-4-2-1-3-5-10)22-17-13(12)6-11(20)7-14(17)21/h1-8,16,18,23-24H,9H2/t16-,18-/m1/s1. The van der Waals surface area contributed by atoms with Crippen molar-refractivity contribution in [2.24, 2.45) is 0 Å². The van der Waals surface area contributed by atoms with E-state index in [9.17, 15) is 10.2 Å². The molecule has 1 heterocycles. The minimum atomic E-state index is -0.913. The number of hydrogen-bond acceptors (Lipinski definition) is 3. The van der Waals surface area contributed by atoms with Gasteiger partial charge in [0.15, 0.2) is 0 Å². The van der Waals surface area contributed by atoms with Crippen LogP contribution < -0.4 is 0 Å². The van der Waals surface area contributed by atoms with Gasteiger partial charge in [-0.25, -0.2) is 4.98 Å². The zero-order valence-corrected chi connectivity index (χ0v) is 15.6. The van der Waals surface area contributed by atoms with Gasteiger partial charge in [0.05, 0.1) is 22.3 Å². The van der Waals surface area contributed by atoms with Crippen LogP contribution in [0.15, 0.2) is 48.5 Å². The van der Waals surface area contributed by atoms with Crippen LogP contribution in [0.4, 0.5) is 0 Å². The summed E-state index contributed by atoms with van der Waals surface area (Å²) in [6.07, 6.45) is -1.68. The Labute approximate surface area is 158 Å². The molecule has 0 aliphatic heterocycles. The number of fused-ring (bicyclic) bond motifs is 1. The fourth-order valence-electron chi connectivity index (χ4n) is 2.60. The first kappa shape index (κ1) is 17.6. The number of aliphatic hydroxyl groups is 2. The first-order valence-corrected chi connectivity index (χ1v) is 9.15. The van der Waals surface area contributed by atoms with Crippen LogP contribution in [0.1, 0.15) is 29.0 Å². The van der Waals surface area contributed by atoms with Gasteiger partial charge in [-0.05, 0) is 29.3 Å². The summed E-state index contributed by atoms with van der Waals surface area (Å²) in [4.78, 5) is 4.50. The highest BCUT2D eigenvalue weighted by Gasteiger charge is 2.19. The average Bonchev–Trinajstić information content (AvgIpc) is 2.60. The normalized spacial score (nSPS) is 13.9. The van der Waals surface area contributed by atoms with Crippen LogP contribution in [-0.2, 0) is 0 Å². The van der Waals surface area contributed by atoms with E-state index in [0.717, 1.165) is 0 Å². The maximum absolute atomic E-state index is 10.7. The minimum Gasteiger partial charge on any atom is -0.388 e. The molecule has 6 heteroatoms. The minimum absolute atomic E-state index is 0.344. The number of nitrogens with zero attached hydrogens (tertiary/aromatic N) is 1. The molecule has 0 bridgehead atoms. The van der Waals surface area contributed by atoms with Crippen LogP contribution in [0, 0.1) is 0 Å². The van der Waals surface area contributed by atoms with Gasteiger partial charge in [-0.15, -0.1) is 0 Å². The predicted molar refractivity (Wildman–Crippen MR) is 101 cm³/mol. The molecule has 1 aromatic heterocycles. The quantitative estimate of drug-likeness (QED) is 0.573. The predicted octanol–water partition coefficient (Wildman–Crippen LogP) is 5.05. The van der Waals surface area contributed by atoms with Gasteiger partial charge < -0.3 is 10.2 Å². The average molecular weight is 427 g/mol. The summed E-state index contributed by atoms with van der Waals surface area (Å²) < 4.78 is 0. The first-order valence-electron chi connectivity index (χ1n) is 7.28. The number of aliphatic hydroxyl groups excluding tert-OH is 2. The summed E-state index contributed by atoms with van der Waals surface area (Å²) in [7, 11) is 0. The Bertz CT molecular complexity index is 874. The van der Waals surface area contributed by atoms with Crippen molar-refractivity contribution in [3.8, 4) is 0 Å². The number of hydrogen-bond donors (Lipinski definition) is 2. The highest BCUT2D eigenvalue weighted by Crippen LogP contribution is 2.34. The van der Waals surface area contributed by atoms with Crippen LogP contribution in [0.2, 0.25) is 10.0 Å². The fourth-order valence-corrected chi connectivity index (χ4v) is 3.49. The smallest absolute Gasteiger partial charge is 0.121 e. The molecule has 0 saturated heterocycles. The van der Waals surface area contributed by atoms with E-state index in [4.69, 9.17) is 23.2 Å². The van der Waals surface area contributed by atoms with E-state index in [2.05, 4.69) is 20.9 Å². The molecule has 0 radical (unpaired) electrons. The lowest BCUT2D eigenvalue weighted by atomic mass is 9.99. The van der Waals surface area contributed by atoms with Crippen molar-refractivity contribution < 1.29 is 10.2 Å². The van der Waals surface area contributed by atoms with Crippen molar-refractivity contribution in [3.05, 3.63) is 75.4 Å². The second-order valence-corrected chi connectivity index (χ2v) is 6.89. The number of halogens is 3. The summed E-state index contributed by atoms with van der Waals surface area (Å²) in [5.74, 6) is 0. The highest BCUT2D eigenvalue weighted by molar-refractivity contribution is 9.09. The molecule has 124 valence electrons. The Balaban J connectivity index is 2.23. The zero-order valence-electron chi connectivity index (χ0n) is 12.5.